The van der Waals surface area contributed by atoms with Crippen LogP contribution < -0.4 is 0 Å². The average Bonchev–Trinajstić information content (AvgIpc) is 2.81. The van der Waals surface area contributed by atoms with E-state index in [-0.39, 0.29) is 40.4 Å². The lowest BCUT2D eigenvalue weighted by Gasteiger charge is -2.37. The van der Waals surface area contributed by atoms with E-state index in [0.29, 0.717) is 18.4 Å². The fourth-order valence-electron chi connectivity index (χ4n) is 3.99. The number of rotatable bonds is 1. The molecule has 4 atom stereocenters. The van der Waals surface area contributed by atoms with E-state index in [1.807, 2.05) is 0 Å². The number of ketones is 1. The number of ether oxygens (including phenoxy) is 1. The molecular formula is C18H17ClFNO3. The number of alkyl halides is 1. The van der Waals surface area contributed by atoms with E-state index < -0.39 is 11.9 Å². The highest BCUT2D eigenvalue weighted by Crippen LogP contribution is 2.46. The van der Waals surface area contributed by atoms with Gasteiger partial charge in [-0.15, -0.1) is 11.6 Å². The Morgan fingerprint density at radius 1 is 1.25 bits per heavy atom. The van der Waals surface area contributed by atoms with Gasteiger partial charge in [-0.05, 0) is 25.3 Å². The summed E-state index contributed by atoms with van der Waals surface area (Å²) in [5, 5.41) is -0.0669. The SMILES string of the molecule is CN1C(=O)C2=C(C(=O)C3CC(Cl)CCC3O2)C1c1ccccc1F. The largest absolute Gasteiger partial charge is 0.483 e. The van der Waals surface area contributed by atoms with Crippen molar-refractivity contribution in [2.75, 3.05) is 7.05 Å². The van der Waals surface area contributed by atoms with E-state index in [1.54, 1.807) is 25.2 Å². The van der Waals surface area contributed by atoms with Crippen LogP contribution in [0.3, 0.4) is 0 Å². The zero-order valence-electron chi connectivity index (χ0n) is 13.2. The number of Topliss-reactive ketones (excluding diaryl/α,β-unsaturated/α-hetero) is 1. The van der Waals surface area contributed by atoms with Gasteiger partial charge in [-0.3, -0.25) is 9.59 Å². The highest BCUT2D eigenvalue weighted by atomic mass is 35.5. The smallest absolute Gasteiger partial charge is 0.289 e. The molecule has 1 aromatic carbocycles. The molecule has 0 spiro atoms. The lowest BCUT2D eigenvalue weighted by atomic mass is 9.77. The standard InChI is InChI=1S/C18H17ClFNO3/c1-21-15(10-4-2-3-5-12(10)20)14-16(22)11-8-9(19)6-7-13(11)24-17(14)18(21)23/h2-5,9,11,13,15H,6-8H2,1H3. The lowest BCUT2D eigenvalue weighted by molar-refractivity contribution is -0.134. The number of amides is 1. The molecule has 3 aliphatic rings. The van der Waals surface area contributed by atoms with Crippen molar-refractivity contribution in [2.45, 2.75) is 36.8 Å². The molecule has 4 unspecified atom stereocenters. The van der Waals surface area contributed by atoms with Crippen LogP contribution in [0.25, 0.3) is 0 Å². The fraction of sp³-hybridized carbons (Fsp3) is 0.444. The van der Waals surface area contributed by atoms with Crippen LogP contribution in [0.2, 0.25) is 0 Å². The summed E-state index contributed by atoms with van der Waals surface area (Å²) in [6.45, 7) is 0. The normalized spacial score (nSPS) is 32.5. The Bertz CT molecular complexity index is 762. The molecule has 2 heterocycles. The molecule has 1 aliphatic carbocycles. The van der Waals surface area contributed by atoms with Crippen molar-refractivity contribution in [1.82, 2.24) is 4.90 Å². The third-order valence-corrected chi connectivity index (χ3v) is 5.61. The first-order valence-corrected chi connectivity index (χ1v) is 8.53. The number of carbonyl (C=O) groups is 2. The van der Waals surface area contributed by atoms with Crippen molar-refractivity contribution >= 4 is 23.3 Å². The average molecular weight is 350 g/mol. The number of benzene rings is 1. The molecule has 0 saturated heterocycles. The van der Waals surface area contributed by atoms with E-state index in [2.05, 4.69) is 0 Å². The van der Waals surface area contributed by atoms with Crippen LogP contribution in [0.5, 0.6) is 0 Å². The van der Waals surface area contributed by atoms with Crippen molar-refractivity contribution in [3.63, 3.8) is 0 Å². The monoisotopic (exact) mass is 349 g/mol. The molecule has 4 rings (SSSR count). The molecule has 4 nitrogen and oxygen atoms in total. The molecule has 1 aromatic rings. The molecule has 1 fully saturated rings. The van der Waals surface area contributed by atoms with Crippen LogP contribution >= 0.6 is 11.6 Å². The quantitative estimate of drug-likeness (QED) is 0.732. The lowest BCUT2D eigenvalue weighted by Crippen LogP contribution is -2.41. The minimum atomic E-state index is -0.738. The number of hydrogen-bond donors (Lipinski definition) is 0. The van der Waals surface area contributed by atoms with Gasteiger partial charge in [0.1, 0.15) is 11.9 Å². The Morgan fingerprint density at radius 2 is 2.00 bits per heavy atom. The van der Waals surface area contributed by atoms with Gasteiger partial charge >= 0.3 is 0 Å². The summed E-state index contributed by atoms with van der Waals surface area (Å²) >= 11 is 6.22. The highest BCUT2D eigenvalue weighted by Gasteiger charge is 2.52. The van der Waals surface area contributed by atoms with Crippen molar-refractivity contribution in [1.29, 1.82) is 0 Å². The second kappa shape index (κ2) is 5.59. The highest BCUT2D eigenvalue weighted by molar-refractivity contribution is 6.21. The van der Waals surface area contributed by atoms with Gasteiger partial charge in [-0.25, -0.2) is 4.39 Å². The summed E-state index contributed by atoms with van der Waals surface area (Å²) in [6.07, 6.45) is 1.65. The molecule has 0 radical (unpaired) electrons. The Labute approximate surface area is 144 Å². The summed E-state index contributed by atoms with van der Waals surface area (Å²) < 4.78 is 20.2. The van der Waals surface area contributed by atoms with Gasteiger partial charge in [-0.1, -0.05) is 18.2 Å². The molecule has 126 valence electrons. The van der Waals surface area contributed by atoms with Gasteiger partial charge in [0.25, 0.3) is 5.91 Å². The molecular weight excluding hydrogens is 333 g/mol. The van der Waals surface area contributed by atoms with Crippen LogP contribution in [0.15, 0.2) is 35.6 Å². The van der Waals surface area contributed by atoms with Gasteiger partial charge < -0.3 is 9.64 Å². The summed E-state index contributed by atoms with van der Waals surface area (Å²) in [6, 6.07) is 5.47. The van der Waals surface area contributed by atoms with Crippen molar-refractivity contribution in [2.24, 2.45) is 5.92 Å². The Balaban J connectivity index is 1.80. The van der Waals surface area contributed by atoms with Crippen molar-refractivity contribution in [3.8, 4) is 0 Å². The first-order valence-electron chi connectivity index (χ1n) is 8.09. The third-order valence-electron chi connectivity index (χ3n) is 5.21. The Morgan fingerprint density at radius 3 is 2.75 bits per heavy atom. The molecule has 0 N–H and O–H groups in total. The van der Waals surface area contributed by atoms with E-state index in [0.717, 1.165) is 6.42 Å². The van der Waals surface area contributed by atoms with E-state index in [4.69, 9.17) is 16.3 Å². The number of likely N-dealkylation sites (N-methyl/N-ethyl adjacent to an activating group) is 1. The second-order valence-corrected chi connectivity index (χ2v) is 7.24. The fourth-order valence-corrected chi connectivity index (χ4v) is 4.31. The predicted molar refractivity (Wildman–Crippen MR) is 85.8 cm³/mol. The Kier molecular flexibility index (Phi) is 3.64. The second-order valence-electron chi connectivity index (χ2n) is 6.62. The van der Waals surface area contributed by atoms with E-state index in [1.165, 1.54) is 11.0 Å². The zero-order chi connectivity index (χ0) is 17.0. The van der Waals surface area contributed by atoms with Gasteiger partial charge in [-0.2, -0.15) is 0 Å². The number of halogens is 2. The molecule has 24 heavy (non-hydrogen) atoms. The maximum Gasteiger partial charge on any atom is 0.289 e. The first kappa shape index (κ1) is 15.6. The molecule has 2 aliphatic heterocycles. The van der Waals surface area contributed by atoms with Gasteiger partial charge in [0.2, 0.25) is 0 Å². The van der Waals surface area contributed by atoms with Gasteiger partial charge in [0, 0.05) is 18.0 Å². The number of hydrogen-bond acceptors (Lipinski definition) is 3. The summed E-state index contributed by atoms with van der Waals surface area (Å²) in [5.41, 5.74) is 0.589. The predicted octanol–water partition coefficient (Wildman–Crippen LogP) is 2.97. The number of fused-ring (bicyclic) bond motifs is 1. The summed E-state index contributed by atoms with van der Waals surface area (Å²) in [7, 11) is 1.57. The van der Waals surface area contributed by atoms with Crippen LogP contribution in [-0.2, 0) is 14.3 Å². The van der Waals surface area contributed by atoms with Crippen LogP contribution in [0.4, 0.5) is 4.39 Å². The maximum absolute atomic E-state index is 14.3. The van der Waals surface area contributed by atoms with E-state index >= 15 is 0 Å². The zero-order valence-corrected chi connectivity index (χ0v) is 13.9. The van der Waals surface area contributed by atoms with Crippen LogP contribution in [0, 0.1) is 11.7 Å². The van der Waals surface area contributed by atoms with Crippen molar-refractivity contribution < 1.29 is 18.7 Å². The first-order chi connectivity index (χ1) is 11.5. The van der Waals surface area contributed by atoms with Crippen LogP contribution in [0.1, 0.15) is 30.9 Å². The molecule has 6 heteroatoms. The minimum absolute atomic E-state index is 0.0669. The van der Waals surface area contributed by atoms with Gasteiger partial charge in [0.15, 0.2) is 11.5 Å². The topological polar surface area (TPSA) is 46.6 Å². The molecule has 0 aromatic heterocycles. The van der Waals surface area contributed by atoms with Crippen molar-refractivity contribution in [3.05, 3.63) is 47.0 Å². The molecule has 1 amide bonds. The Hall–Kier alpha value is -1.88. The third kappa shape index (κ3) is 2.18. The maximum atomic E-state index is 14.3. The minimum Gasteiger partial charge on any atom is -0.483 e. The van der Waals surface area contributed by atoms with Crippen LogP contribution in [-0.4, -0.2) is 35.1 Å². The van der Waals surface area contributed by atoms with Gasteiger partial charge in [0.05, 0.1) is 17.5 Å². The molecule has 0 bridgehead atoms. The summed E-state index contributed by atoms with van der Waals surface area (Å²) in [4.78, 5) is 27.0. The summed E-state index contributed by atoms with van der Waals surface area (Å²) in [5.74, 6) is -1.20. The number of carbonyl (C=O) groups excluding carboxylic acids is 2. The molecule has 1 saturated carbocycles. The number of nitrogens with zero attached hydrogens (tertiary/aromatic N) is 1. The van der Waals surface area contributed by atoms with E-state index in [9.17, 15) is 14.0 Å².